The van der Waals surface area contributed by atoms with Gasteiger partial charge in [0.25, 0.3) is 0 Å². The summed E-state index contributed by atoms with van der Waals surface area (Å²) in [6.07, 6.45) is -1.90. The second kappa shape index (κ2) is 8.59. The number of aliphatic hydroxyl groups excluding tert-OH is 2. The Labute approximate surface area is 164 Å². The maximum atomic E-state index is 10.9. The molecule has 2 aromatic heterocycles. The molecular formula is C14H22N5O7PS. The van der Waals surface area contributed by atoms with Crippen molar-refractivity contribution in [3.8, 4) is 0 Å². The van der Waals surface area contributed by atoms with Crippen LogP contribution in [0.25, 0.3) is 11.2 Å². The highest BCUT2D eigenvalue weighted by atomic mass is 32.2. The number of ether oxygens (including phenoxy) is 1. The van der Waals surface area contributed by atoms with Crippen LogP contribution in [0.4, 0.5) is 5.82 Å². The molecule has 1 unspecified atom stereocenters. The zero-order chi connectivity index (χ0) is 20.5. The second-order valence-corrected chi connectivity index (χ2v) is 8.53. The first-order chi connectivity index (χ1) is 13.2. The maximum Gasteiger partial charge on any atom is 0.469 e. The van der Waals surface area contributed by atoms with Crippen LogP contribution in [0, 0.1) is 0 Å². The summed E-state index contributed by atoms with van der Waals surface area (Å²) in [5, 5.41) is 21.2. The smallest absolute Gasteiger partial charge is 0.387 e. The highest BCUT2D eigenvalue weighted by molar-refractivity contribution is 7.99. The van der Waals surface area contributed by atoms with Gasteiger partial charge in [0.05, 0.1) is 6.61 Å². The summed E-state index contributed by atoms with van der Waals surface area (Å²) in [6.45, 7) is 1.46. The number of fused-ring (bicyclic) bond motifs is 1. The number of nitrogens with two attached hydrogens (primary N) is 1. The van der Waals surface area contributed by atoms with Crippen LogP contribution in [-0.2, 0) is 13.8 Å². The largest absolute Gasteiger partial charge is 0.469 e. The molecule has 14 heteroatoms. The first kappa shape index (κ1) is 21.4. The van der Waals surface area contributed by atoms with Crippen LogP contribution < -0.4 is 5.73 Å². The van der Waals surface area contributed by atoms with Crippen LogP contribution >= 0.6 is 19.6 Å². The molecule has 2 aromatic rings. The summed E-state index contributed by atoms with van der Waals surface area (Å²) in [5.41, 5.74) is 6.53. The van der Waals surface area contributed by atoms with Gasteiger partial charge >= 0.3 is 7.82 Å². The maximum absolute atomic E-state index is 10.9. The van der Waals surface area contributed by atoms with Gasteiger partial charge in [-0.1, -0.05) is 25.1 Å². The van der Waals surface area contributed by atoms with Crippen LogP contribution in [-0.4, -0.2) is 70.2 Å². The van der Waals surface area contributed by atoms with E-state index in [0.717, 1.165) is 18.6 Å². The minimum absolute atomic E-state index is 0.163. The van der Waals surface area contributed by atoms with Crippen LogP contribution in [0.2, 0.25) is 0 Å². The molecule has 1 aliphatic heterocycles. The molecule has 28 heavy (non-hydrogen) atoms. The molecule has 12 nitrogen and oxygen atoms in total. The lowest BCUT2D eigenvalue weighted by atomic mass is 10.1. The summed E-state index contributed by atoms with van der Waals surface area (Å²) in [7, 11) is -4.75. The van der Waals surface area contributed by atoms with Gasteiger partial charge in [-0.25, -0.2) is 19.5 Å². The van der Waals surface area contributed by atoms with Crippen molar-refractivity contribution in [1.82, 2.24) is 19.5 Å². The van der Waals surface area contributed by atoms with Crippen LogP contribution in [0.1, 0.15) is 26.0 Å². The van der Waals surface area contributed by atoms with E-state index in [0.29, 0.717) is 16.3 Å². The van der Waals surface area contributed by atoms with Crippen molar-refractivity contribution in [3.05, 3.63) is 6.33 Å². The van der Waals surface area contributed by atoms with Crippen LogP contribution in [0.15, 0.2) is 11.5 Å². The van der Waals surface area contributed by atoms with Crippen molar-refractivity contribution in [2.45, 2.75) is 49.5 Å². The number of anilines is 1. The van der Waals surface area contributed by atoms with Crippen molar-refractivity contribution in [3.63, 3.8) is 0 Å². The van der Waals surface area contributed by atoms with E-state index in [1.54, 1.807) is 0 Å². The van der Waals surface area contributed by atoms with Crippen LogP contribution in [0.5, 0.6) is 0 Å². The lowest BCUT2D eigenvalue weighted by Gasteiger charge is -2.19. The van der Waals surface area contributed by atoms with Crippen molar-refractivity contribution in [1.29, 1.82) is 0 Å². The van der Waals surface area contributed by atoms with Gasteiger partial charge in [0.15, 0.2) is 28.4 Å². The summed E-state index contributed by atoms with van der Waals surface area (Å²) >= 11 is 1.42. The van der Waals surface area contributed by atoms with E-state index in [1.807, 2.05) is 0 Å². The fourth-order valence-corrected chi connectivity index (χ4v) is 4.24. The molecule has 0 amide bonds. The first-order valence-corrected chi connectivity index (χ1v) is 11.1. The molecule has 0 aromatic carbocycles. The Morgan fingerprint density at radius 3 is 2.79 bits per heavy atom. The summed E-state index contributed by atoms with van der Waals surface area (Å²) in [5.74, 6) is 0.916. The number of nitrogens with zero attached hydrogens (tertiary/aromatic N) is 4. The molecule has 1 saturated heterocycles. The molecule has 1 fully saturated rings. The average molecular weight is 435 g/mol. The molecule has 0 aliphatic carbocycles. The van der Waals surface area contributed by atoms with Gasteiger partial charge in [0.1, 0.15) is 24.6 Å². The van der Waals surface area contributed by atoms with Gasteiger partial charge in [-0.2, -0.15) is 0 Å². The SMILES string of the molecule is CCCCSc1nc2c(N)ncnc2n1C1O[C@H](COP(=O)(O)O)[C@@H](O)[C@H]1O. The predicted octanol–water partition coefficient (Wildman–Crippen LogP) is 0.0292. The van der Waals surface area contributed by atoms with Crippen molar-refractivity contribution >= 4 is 36.6 Å². The standard InChI is InChI=1S/C14H22N5O7PS/c1-2-3-4-28-14-18-8-11(15)16-6-17-12(8)19(14)13-10(21)9(20)7(26-13)5-25-27(22,23)24/h6-7,9-10,13,20-21H,2-5H2,1H3,(H2,15,16,17)(H2,22,23,24)/t7-,9-,10-,13?/m1/s1. The lowest BCUT2D eigenvalue weighted by Crippen LogP contribution is -2.33. The number of imidazole rings is 1. The molecule has 3 heterocycles. The molecule has 0 radical (unpaired) electrons. The highest BCUT2D eigenvalue weighted by Gasteiger charge is 2.46. The number of phosphoric acid groups is 1. The quantitative estimate of drug-likeness (QED) is 0.213. The molecule has 0 bridgehead atoms. The highest BCUT2D eigenvalue weighted by Crippen LogP contribution is 2.40. The van der Waals surface area contributed by atoms with Gasteiger partial charge in [-0.05, 0) is 6.42 Å². The Kier molecular flexibility index (Phi) is 6.57. The third-order valence-electron chi connectivity index (χ3n) is 4.20. The van der Waals surface area contributed by atoms with E-state index in [1.165, 1.54) is 22.7 Å². The zero-order valence-electron chi connectivity index (χ0n) is 15.0. The normalized spacial score (nSPS) is 25.6. The van der Waals surface area contributed by atoms with Gasteiger partial charge < -0.3 is 30.5 Å². The number of phosphoric ester groups is 1. The minimum atomic E-state index is -4.75. The molecule has 6 N–H and O–H groups in total. The average Bonchev–Trinajstić information content (AvgIpc) is 3.12. The molecule has 156 valence electrons. The Balaban J connectivity index is 1.93. The van der Waals surface area contributed by atoms with E-state index >= 15 is 0 Å². The Morgan fingerprint density at radius 1 is 1.36 bits per heavy atom. The monoisotopic (exact) mass is 435 g/mol. The Bertz CT molecular complexity index is 877. The predicted molar refractivity (Wildman–Crippen MR) is 99.3 cm³/mol. The van der Waals surface area contributed by atoms with Gasteiger partial charge in [0.2, 0.25) is 0 Å². The molecular weight excluding hydrogens is 413 g/mol. The third-order valence-corrected chi connectivity index (χ3v) is 5.73. The van der Waals surface area contributed by atoms with Crippen molar-refractivity contribution in [2.24, 2.45) is 0 Å². The molecule has 4 atom stereocenters. The molecule has 1 aliphatic rings. The van der Waals surface area contributed by atoms with Crippen LogP contribution in [0.3, 0.4) is 0 Å². The number of unbranched alkanes of at least 4 members (excludes halogenated alkanes) is 1. The number of aromatic nitrogens is 4. The molecule has 3 rings (SSSR count). The summed E-state index contributed by atoms with van der Waals surface area (Å²) < 4.78 is 22.5. The number of hydrogen-bond acceptors (Lipinski definition) is 10. The van der Waals surface area contributed by atoms with E-state index in [9.17, 15) is 14.8 Å². The number of rotatable bonds is 8. The summed E-state index contributed by atoms with van der Waals surface area (Å²) in [6, 6.07) is 0. The van der Waals surface area contributed by atoms with E-state index in [2.05, 4.69) is 26.4 Å². The van der Waals surface area contributed by atoms with Gasteiger partial charge in [0, 0.05) is 5.75 Å². The number of nitrogen functional groups attached to an aromatic ring is 1. The Morgan fingerprint density at radius 2 is 2.11 bits per heavy atom. The first-order valence-electron chi connectivity index (χ1n) is 8.55. The molecule has 0 saturated carbocycles. The fourth-order valence-electron chi connectivity index (χ4n) is 2.80. The third kappa shape index (κ3) is 4.47. The van der Waals surface area contributed by atoms with E-state index < -0.39 is 39.0 Å². The Hall–Kier alpha value is -1.31. The van der Waals surface area contributed by atoms with E-state index in [4.69, 9.17) is 20.3 Å². The number of thioether (sulfide) groups is 1. The lowest BCUT2D eigenvalue weighted by molar-refractivity contribution is -0.0541. The van der Waals surface area contributed by atoms with Gasteiger partial charge in [-0.3, -0.25) is 9.09 Å². The topological polar surface area (TPSA) is 186 Å². The minimum Gasteiger partial charge on any atom is -0.387 e. The van der Waals surface area contributed by atoms with Crippen molar-refractivity contribution < 1.29 is 33.8 Å². The van der Waals surface area contributed by atoms with Crippen molar-refractivity contribution in [2.75, 3.05) is 18.1 Å². The summed E-state index contributed by atoms with van der Waals surface area (Å²) in [4.78, 5) is 30.2. The fraction of sp³-hybridized carbons (Fsp3) is 0.643. The zero-order valence-corrected chi connectivity index (χ0v) is 16.7. The number of hydrogen-bond donors (Lipinski definition) is 5. The van der Waals surface area contributed by atoms with E-state index in [-0.39, 0.29) is 5.82 Å². The second-order valence-electron chi connectivity index (χ2n) is 6.23. The molecule has 0 spiro atoms. The number of aliphatic hydroxyl groups is 2. The van der Waals surface area contributed by atoms with Gasteiger partial charge in [-0.15, -0.1) is 0 Å².